The van der Waals surface area contributed by atoms with Gasteiger partial charge in [-0.15, -0.1) is 0 Å². The second kappa shape index (κ2) is 4.45. The summed E-state index contributed by atoms with van der Waals surface area (Å²) in [5.41, 5.74) is 7.61. The molecule has 1 unspecified atom stereocenters. The zero-order chi connectivity index (χ0) is 10.8. The minimum absolute atomic E-state index is 0.142. The van der Waals surface area contributed by atoms with Crippen molar-refractivity contribution in [2.24, 2.45) is 11.1 Å². The smallest absolute Gasteiger partial charge is 0.0299 e. The first-order valence-corrected chi connectivity index (χ1v) is 5.69. The Bertz CT molecular complexity index is 284. The van der Waals surface area contributed by atoms with E-state index in [9.17, 15) is 0 Å². The molecule has 0 aliphatic carbocycles. The molecule has 0 bridgehead atoms. The third-order valence-corrected chi connectivity index (χ3v) is 2.66. The highest BCUT2D eigenvalue weighted by Gasteiger charge is 2.16. The molecule has 0 radical (unpaired) electrons. The molecule has 14 heavy (non-hydrogen) atoms. The zero-order valence-corrected chi connectivity index (χ0v) is 10.6. The van der Waals surface area contributed by atoms with Crippen molar-refractivity contribution in [3.8, 4) is 0 Å². The van der Waals surface area contributed by atoms with Crippen molar-refractivity contribution in [2.75, 3.05) is 0 Å². The third kappa shape index (κ3) is 3.81. The van der Waals surface area contributed by atoms with Crippen molar-refractivity contribution in [3.63, 3.8) is 0 Å². The molecular weight excluding hydrogens is 238 g/mol. The number of hydrogen-bond acceptors (Lipinski definition) is 1. The predicted molar refractivity (Wildman–Crippen MR) is 65.1 cm³/mol. The second-order valence-corrected chi connectivity index (χ2v) is 5.84. The molecule has 2 heteroatoms. The van der Waals surface area contributed by atoms with Crippen molar-refractivity contribution >= 4 is 15.9 Å². The molecule has 1 rings (SSSR count). The van der Waals surface area contributed by atoms with Gasteiger partial charge in [0.1, 0.15) is 0 Å². The van der Waals surface area contributed by atoms with Gasteiger partial charge >= 0.3 is 0 Å². The summed E-state index contributed by atoms with van der Waals surface area (Å²) in [6, 6.07) is 8.39. The minimum Gasteiger partial charge on any atom is -0.324 e. The molecule has 78 valence electrons. The van der Waals surface area contributed by atoms with E-state index in [2.05, 4.69) is 48.8 Å². The molecule has 0 aliphatic rings. The van der Waals surface area contributed by atoms with E-state index in [-0.39, 0.29) is 11.5 Å². The number of hydrogen-bond donors (Lipinski definition) is 1. The van der Waals surface area contributed by atoms with Crippen LogP contribution in [0.3, 0.4) is 0 Å². The first kappa shape index (κ1) is 11.7. The topological polar surface area (TPSA) is 26.0 Å². The molecule has 0 spiro atoms. The molecule has 1 aromatic rings. The fourth-order valence-corrected chi connectivity index (χ4v) is 1.75. The fourth-order valence-electron chi connectivity index (χ4n) is 1.49. The Morgan fingerprint density at radius 1 is 1.21 bits per heavy atom. The summed E-state index contributed by atoms with van der Waals surface area (Å²) < 4.78 is 1.10. The van der Waals surface area contributed by atoms with Crippen LogP contribution in [0.25, 0.3) is 0 Å². The van der Waals surface area contributed by atoms with Gasteiger partial charge in [-0.05, 0) is 29.5 Å². The maximum absolute atomic E-state index is 6.12. The first-order valence-electron chi connectivity index (χ1n) is 4.89. The maximum Gasteiger partial charge on any atom is 0.0299 e. The fraction of sp³-hybridized carbons (Fsp3) is 0.500. The summed E-state index contributed by atoms with van der Waals surface area (Å²) in [6.45, 7) is 6.64. The van der Waals surface area contributed by atoms with Gasteiger partial charge in [0.2, 0.25) is 0 Å². The Labute approximate surface area is 94.8 Å². The molecule has 0 saturated heterocycles. The lowest BCUT2D eigenvalue weighted by Crippen LogP contribution is -2.18. The van der Waals surface area contributed by atoms with Crippen LogP contribution in [0.1, 0.15) is 38.8 Å². The van der Waals surface area contributed by atoms with Crippen LogP contribution >= 0.6 is 15.9 Å². The molecule has 1 atom stereocenters. The summed E-state index contributed by atoms with van der Waals surface area (Å²) in [6.07, 6.45) is 1.01. The zero-order valence-electron chi connectivity index (χ0n) is 9.05. The quantitative estimate of drug-likeness (QED) is 0.853. The van der Waals surface area contributed by atoms with E-state index in [0.29, 0.717) is 0 Å². The lowest BCUT2D eigenvalue weighted by atomic mass is 9.86. The van der Waals surface area contributed by atoms with Gasteiger partial charge in [-0.2, -0.15) is 0 Å². The van der Waals surface area contributed by atoms with E-state index in [1.165, 1.54) is 5.56 Å². The van der Waals surface area contributed by atoms with Crippen LogP contribution in [-0.2, 0) is 0 Å². The number of benzene rings is 1. The summed E-state index contributed by atoms with van der Waals surface area (Å²) >= 11 is 3.42. The highest BCUT2D eigenvalue weighted by Crippen LogP contribution is 2.28. The van der Waals surface area contributed by atoms with Crippen LogP contribution in [-0.4, -0.2) is 0 Å². The minimum atomic E-state index is 0.142. The van der Waals surface area contributed by atoms with E-state index in [0.717, 1.165) is 10.9 Å². The Kier molecular flexibility index (Phi) is 3.73. The first-order chi connectivity index (χ1) is 6.38. The average molecular weight is 256 g/mol. The molecule has 0 fully saturated rings. The van der Waals surface area contributed by atoms with Gasteiger partial charge < -0.3 is 5.73 Å². The Hall–Kier alpha value is -0.340. The third-order valence-electron chi connectivity index (χ3n) is 2.13. The summed E-state index contributed by atoms with van der Waals surface area (Å²) in [5.74, 6) is 0. The molecule has 1 aromatic carbocycles. The van der Waals surface area contributed by atoms with Crippen molar-refractivity contribution in [2.45, 2.75) is 33.2 Å². The lowest BCUT2D eigenvalue weighted by molar-refractivity contribution is 0.343. The van der Waals surface area contributed by atoms with Gasteiger partial charge in [0.25, 0.3) is 0 Å². The Morgan fingerprint density at radius 3 is 2.14 bits per heavy atom. The van der Waals surface area contributed by atoms with Gasteiger partial charge in [0.05, 0.1) is 0 Å². The number of halogens is 1. The van der Waals surface area contributed by atoms with Gasteiger partial charge in [-0.3, -0.25) is 0 Å². The standard InChI is InChI=1S/C12H18BrN/c1-12(2,3)8-11(14)9-4-6-10(13)7-5-9/h4-7,11H,8,14H2,1-3H3. The van der Waals surface area contributed by atoms with Crippen molar-refractivity contribution in [3.05, 3.63) is 34.3 Å². The highest BCUT2D eigenvalue weighted by atomic mass is 79.9. The van der Waals surface area contributed by atoms with Gasteiger partial charge in [-0.1, -0.05) is 48.8 Å². The van der Waals surface area contributed by atoms with Crippen LogP contribution in [0.4, 0.5) is 0 Å². The summed E-state index contributed by atoms with van der Waals surface area (Å²) in [4.78, 5) is 0. The van der Waals surface area contributed by atoms with Crippen molar-refractivity contribution in [1.29, 1.82) is 0 Å². The molecule has 0 aromatic heterocycles. The van der Waals surface area contributed by atoms with Crippen molar-refractivity contribution < 1.29 is 0 Å². The summed E-state index contributed by atoms with van der Waals surface area (Å²) in [5, 5.41) is 0. The number of rotatable bonds is 2. The summed E-state index contributed by atoms with van der Waals surface area (Å²) in [7, 11) is 0. The van der Waals surface area contributed by atoms with Gasteiger partial charge in [0, 0.05) is 10.5 Å². The predicted octanol–water partition coefficient (Wildman–Crippen LogP) is 3.89. The lowest BCUT2D eigenvalue weighted by Gasteiger charge is -2.23. The highest BCUT2D eigenvalue weighted by molar-refractivity contribution is 9.10. The molecule has 1 nitrogen and oxygen atoms in total. The van der Waals surface area contributed by atoms with Crippen LogP contribution in [0.2, 0.25) is 0 Å². The van der Waals surface area contributed by atoms with E-state index in [4.69, 9.17) is 5.73 Å². The average Bonchev–Trinajstić information content (AvgIpc) is 2.02. The Morgan fingerprint density at radius 2 is 1.71 bits per heavy atom. The van der Waals surface area contributed by atoms with Crippen LogP contribution in [0, 0.1) is 5.41 Å². The van der Waals surface area contributed by atoms with Crippen molar-refractivity contribution in [1.82, 2.24) is 0 Å². The molecular formula is C12H18BrN. The number of nitrogens with two attached hydrogens (primary N) is 1. The molecule has 0 aliphatic heterocycles. The molecule has 0 amide bonds. The van der Waals surface area contributed by atoms with Crippen LogP contribution in [0.15, 0.2) is 28.7 Å². The normalized spacial score (nSPS) is 14.1. The van der Waals surface area contributed by atoms with Gasteiger partial charge in [0.15, 0.2) is 0 Å². The van der Waals surface area contributed by atoms with Crippen LogP contribution < -0.4 is 5.73 Å². The SMILES string of the molecule is CC(C)(C)CC(N)c1ccc(Br)cc1. The van der Waals surface area contributed by atoms with Crippen LogP contribution in [0.5, 0.6) is 0 Å². The van der Waals surface area contributed by atoms with Gasteiger partial charge in [-0.25, -0.2) is 0 Å². The van der Waals surface area contributed by atoms with E-state index >= 15 is 0 Å². The molecule has 0 heterocycles. The largest absolute Gasteiger partial charge is 0.324 e. The monoisotopic (exact) mass is 255 g/mol. The van der Waals surface area contributed by atoms with E-state index in [1.807, 2.05) is 12.1 Å². The molecule has 0 saturated carbocycles. The maximum atomic E-state index is 6.12. The Balaban J connectivity index is 2.70. The molecule has 2 N–H and O–H groups in total. The van der Waals surface area contributed by atoms with E-state index < -0.39 is 0 Å². The van der Waals surface area contributed by atoms with E-state index in [1.54, 1.807) is 0 Å². The second-order valence-electron chi connectivity index (χ2n) is 4.92.